The van der Waals surface area contributed by atoms with Crippen LogP contribution in [-0.4, -0.2) is 4.98 Å². The minimum Gasteiger partial charge on any atom is -0.324 e. The zero-order chi connectivity index (χ0) is 12.4. The topological polar surface area (TPSA) is 50.9 Å². The van der Waals surface area contributed by atoms with E-state index in [4.69, 9.17) is 5.73 Å². The summed E-state index contributed by atoms with van der Waals surface area (Å²) in [5.74, 6) is 0. The maximum Gasteiger partial charge on any atom is 0.0344 e. The summed E-state index contributed by atoms with van der Waals surface area (Å²) in [5.41, 5.74) is 9.98. The summed E-state index contributed by atoms with van der Waals surface area (Å²) < 4.78 is 0. The first-order chi connectivity index (χ1) is 8.84. The van der Waals surface area contributed by atoms with Gasteiger partial charge in [0.2, 0.25) is 0 Å². The van der Waals surface area contributed by atoms with Gasteiger partial charge in [0.15, 0.2) is 0 Å². The van der Waals surface area contributed by atoms with Crippen molar-refractivity contribution in [3.63, 3.8) is 0 Å². The minimum atomic E-state index is 0.160. The summed E-state index contributed by atoms with van der Waals surface area (Å²) in [4.78, 5) is 4.12. The summed E-state index contributed by atoms with van der Waals surface area (Å²) in [7, 11) is 0. The van der Waals surface area contributed by atoms with E-state index in [0.29, 0.717) is 6.04 Å². The molecule has 2 unspecified atom stereocenters. The zero-order valence-corrected chi connectivity index (χ0v) is 10.2. The van der Waals surface area contributed by atoms with Crippen LogP contribution in [-0.2, 0) is 6.54 Å². The average molecular weight is 239 g/mol. The molecule has 2 aromatic rings. The molecule has 0 aliphatic heterocycles. The van der Waals surface area contributed by atoms with E-state index in [1.807, 2.05) is 12.3 Å². The summed E-state index contributed by atoms with van der Waals surface area (Å²) in [6, 6.07) is 13.0. The Balaban J connectivity index is 1.72. The second-order valence-corrected chi connectivity index (χ2v) is 4.77. The normalized spacial score (nSPS) is 21.8. The Morgan fingerprint density at radius 1 is 1.17 bits per heavy atom. The fourth-order valence-electron chi connectivity index (χ4n) is 2.61. The molecule has 1 aliphatic rings. The quantitative estimate of drug-likeness (QED) is 0.864. The first-order valence-corrected chi connectivity index (χ1v) is 6.31. The predicted octanol–water partition coefficient (Wildman–Crippen LogP) is 2.32. The van der Waals surface area contributed by atoms with Crippen molar-refractivity contribution >= 4 is 0 Å². The molecule has 1 aromatic heterocycles. The van der Waals surface area contributed by atoms with Gasteiger partial charge in [-0.05, 0) is 29.2 Å². The number of benzene rings is 1. The molecule has 18 heavy (non-hydrogen) atoms. The summed E-state index contributed by atoms with van der Waals surface area (Å²) in [6.45, 7) is 0.833. The van der Waals surface area contributed by atoms with Crippen molar-refractivity contribution in [2.75, 3.05) is 0 Å². The molecular formula is C15H17N3. The van der Waals surface area contributed by atoms with Gasteiger partial charge in [-0.2, -0.15) is 0 Å². The van der Waals surface area contributed by atoms with E-state index in [1.165, 1.54) is 16.7 Å². The predicted molar refractivity (Wildman–Crippen MR) is 71.8 cm³/mol. The zero-order valence-electron chi connectivity index (χ0n) is 10.2. The Kier molecular flexibility index (Phi) is 3.09. The molecule has 92 valence electrons. The van der Waals surface area contributed by atoms with E-state index in [0.717, 1.165) is 13.0 Å². The maximum absolute atomic E-state index is 6.15. The summed E-state index contributed by atoms with van der Waals surface area (Å²) in [5, 5.41) is 3.56. The van der Waals surface area contributed by atoms with Crippen molar-refractivity contribution in [3.05, 3.63) is 65.5 Å². The molecule has 0 radical (unpaired) electrons. The largest absolute Gasteiger partial charge is 0.324 e. The van der Waals surface area contributed by atoms with Gasteiger partial charge in [-0.25, -0.2) is 0 Å². The Morgan fingerprint density at radius 2 is 2.00 bits per heavy atom. The van der Waals surface area contributed by atoms with E-state index in [2.05, 4.69) is 40.6 Å². The van der Waals surface area contributed by atoms with Crippen molar-refractivity contribution < 1.29 is 0 Å². The van der Waals surface area contributed by atoms with Crippen LogP contribution >= 0.6 is 0 Å². The van der Waals surface area contributed by atoms with Crippen LogP contribution in [0.25, 0.3) is 0 Å². The van der Waals surface area contributed by atoms with Gasteiger partial charge in [-0.3, -0.25) is 4.98 Å². The minimum absolute atomic E-state index is 0.160. The lowest BCUT2D eigenvalue weighted by Crippen LogP contribution is -2.19. The third-order valence-electron chi connectivity index (χ3n) is 3.54. The third-order valence-corrected chi connectivity index (χ3v) is 3.54. The Bertz CT molecular complexity index is 524. The highest BCUT2D eigenvalue weighted by molar-refractivity contribution is 5.37. The van der Waals surface area contributed by atoms with Gasteiger partial charge in [0.05, 0.1) is 0 Å². The van der Waals surface area contributed by atoms with Gasteiger partial charge in [0.1, 0.15) is 0 Å². The lowest BCUT2D eigenvalue weighted by molar-refractivity contribution is 0.498. The van der Waals surface area contributed by atoms with Crippen molar-refractivity contribution in [2.24, 2.45) is 5.73 Å². The lowest BCUT2D eigenvalue weighted by atomic mass is 10.1. The van der Waals surface area contributed by atoms with E-state index < -0.39 is 0 Å². The number of aromatic nitrogens is 1. The average Bonchev–Trinajstić information content (AvgIpc) is 2.75. The van der Waals surface area contributed by atoms with Crippen molar-refractivity contribution in [1.82, 2.24) is 10.3 Å². The Hall–Kier alpha value is -1.71. The molecule has 1 aromatic carbocycles. The van der Waals surface area contributed by atoms with Crippen LogP contribution in [0.3, 0.4) is 0 Å². The second-order valence-electron chi connectivity index (χ2n) is 4.77. The van der Waals surface area contributed by atoms with Gasteiger partial charge in [-0.1, -0.05) is 30.3 Å². The van der Waals surface area contributed by atoms with Gasteiger partial charge in [0.25, 0.3) is 0 Å². The number of pyridine rings is 1. The standard InChI is InChI=1S/C15H17N3/c16-14-8-15(13-6-2-1-5-12(13)14)18-10-11-4-3-7-17-9-11/h1-7,9,14-15,18H,8,10,16H2. The van der Waals surface area contributed by atoms with Crippen molar-refractivity contribution in [2.45, 2.75) is 25.0 Å². The summed E-state index contributed by atoms with van der Waals surface area (Å²) >= 11 is 0. The molecule has 3 N–H and O–H groups in total. The summed E-state index contributed by atoms with van der Waals surface area (Å²) in [6.07, 6.45) is 4.66. The van der Waals surface area contributed by atoms with Gasteiger partial charge >= 0.3 is 0 Å². The molecule has 1 heterocycles. The first kappa shape index (κ1) is 11.4. The monoisotopic (exact) mass is 239 g/mol. The highest BCUT2D eigenvalue weighted by Crippen LogP contribution is 2.36. The maximum atomic E-state index is 6.15. The van der Waals surface area contributed by atoms with Crippen LogP contribution in [0.15, 0.2) is 48.8 Å². The molecule has 0 spiro atoms. The highest BCUT2D eigenvalue weighted by atomic mass is 14.9. The number of nitrogens with one attached hydrogen (secondary N) is 1. The van der Waals surface area contributed by atoms with Crippen LogP contribution in [0, 0.1) is 0 Å². The lowest BCUT2D eigenvalue weighted by Gasteiger charge is -2.13. The van der Waals surface area contributed by atoms with Gasteiger partial charge in [0, 0.05) is 31.0 Å². The molecule has 0 saturated heterocycles. The Morgan fingerprint density at radius 3 is 2.78 bits per heavy atom. The molecule has 1 aliphatic carbocycles. The molecule has 0 fully saturated rings. The fourth-order valence-corrected chi connectivity index (χ4v) is 2.61. The van der Waals surface area contributed by atoms with Crippen LogP contribution in [0.1, 0.15) is 35.2 Å². The fraction of sp³-hybridized carbons (Fsp3) is 0.267. The first-order valence-electron chi connectivity index (χ1n) is 6.31. The van der Waals surface area contributed by atoms with Gasteiger partial charge in [-0.15, -0.1) is 0 Å². The number of hydrogen-bond donors (Lipinski definition) is 2. The van der Waals surface area contributed by atoms with Crippen LogP contribution in [0.5, 0.6) is 0 Å². The van der Waals surface area contributed by atoms with E-state index >= 15 is 0 Å². The van der Waals surface area contributed by atoms with Crippen molar-refractivity contribution in [1.29, 1.82) is 0 Å². The molecule has 3 heteroatoms. The Labute approximate surface area is 107 Å². The van der Waals surface area contributed by atoms with E-state index in [1.54, 1.807) is 6.20 Å². The van der Waals surface area contributed by atoms with E-state index in [-0.39, 0.29) is 6.04 Å². The smallest absolute Gasteiger partial charge is 0.0344 e. The van der Waals surface area contributed by atoms with Crippen LogP contribution in [0.4, 0.5) is 0 Å². The molecule has 0 bridgehead atoms. The number of hydrogen-bond acceptors (Lipinski definition) is 3. The third kappa shape index (κ3) is 2.15. The number of nitrogens with two attached hydrogens (primary N) is 1. The molecule has 3 rings (SSSR count). The number of fused-ring (bicyclic) bond motifs is 1. The molecule has 3 nitrogen and oxygen atoms in total. The van der Waals surface area contributed by atoms with Crippen molar-refractivity contribution in [3.8, 4) is 0 Å². The number of nitrogens with zero attached hydrogens (tertiary/aromatic N) is 1. The van der Waals surface area contributed by atoms with Crippen LogP contribution in [0.2, 0.25) is 0 Å². The molecular weight excluding hydrogens is 222 g/mol. The number of rotatable bonds is 3. The second kappa shape index (κ2) is 4.88. The van der Waals surface area contributed by atoms with E-state index in [9.17, 15) is 0 Å². The SMILES string of the molecule is NC1CC(NCc2cccnc2)c2ccccc21. The highest BCUT2D eigenvalue weighted by Gasteiger charge is 2.27. The van der Waals surface area contributed by atoms with Crippen LogP contribution < -0.4 is 11.1 Å². The van der Waals surface area contributed by atoms with Gasteiger partial charge < -0.3 is 11.1 Å². The molecule has 0 saturated carbocycles. The molecule has 2 atom stereocenters. The molecule has 0 amide bonds.